The van der Waals surface area contributed by atoms with Gasteiger partial charge in [-0.1, -0.05) is 23.7 Å². The Kier molecular flexibility index (Phi) is 5.00. The number of carbonyl (C=O) groups is 1. The number of ether oxygens (including phenoxy) is 1. The zero-order valence-corrected chi connectivity index (χ0v) is 12.4. The molecule has 0 atom stereocenters. The SMILES string of the molecule is COc1ccc(CCNC(=O)c2cnc(N)c(Cl)c2)cc1. The van der Waals surface area contributed by atoms with Crippen LogP contribution in [0, 0.1) is 0 Å². The number of hydrogen-bond donors (Lipinski definition) is 2. The molecular weight excluding hydrogens is 290 g/mol. The first-order valence-corrected chi connectivity index (χ1v) is 6.80. The van der Waals surface area contributed by atoms with Crippen molar-refractivity contribution in [3.05, 3.63) is 52.7 Å². The van der Waals surface area contributed by atoms with Gasteiger partial charge in [0, 0.05) is 12.7 Å². The topological polar surface area (TPSA) is 77.2 Å². The highest BCUT2D eigenvalue weighted by atomic mass is 35.5. The molecule has 1 aromatic heterocycles. The van der Waals surface area contributed by atoms with E-state index in [1.807, 2.05) is 24.3 Å². The molecule has 2 rings (SSSR count). The third kappa shape index (κ3) is 4.10. The lowest BCUT2D eigenvalue weighted by Crippen LogP contribution is -2.25. The number of halogens is 1. The van der Waals surface area contributed by atoms with Crippen molar-refractivity contribution in [1.29, 1.82) is 0 Å². The normalized spacial score (nSPS) is 10.2. The molecule has 0 unspecified atom stereocenters. The predicted molar refractivity (Wildman–Crippen MR) is 82.7 cm³/mol. The van der Waals surface area contributed by atoms with Gasteiger partial charge in [-0.3, -0.25) is 4.79 Å². The van der Waals surface area contributed by atoms with Gasteiger partial charge in [0.25, 0.3) is 5.91 Å². The number of nitrogens with zero attached hydrogens (tertiary/aromatic N) is 1. The largest absolute Gasteiger partial charge is 0.497 e. The number of nitrogen functional groups attached to an aromatic ring is 1. The number of anilines is 1. The second-order valence-corrected chi connectivity index (χ2v) is 4.85. The first-order chi connectivity index (χ1) is 10.1. The minimum atomic E-state index is -0.224. The summed E-state index contributed by atoms with van der Waals surface area (Å²) in [7, 11) is 1.63. The number of nitrogens with one attached hydrogen (secondary N) is 1. The number of hydrogen-bond acceptors (Lipinski definition) is 4. The van der Waals surface area contributed by atoms with E-state index in [9.17, 15) is 4.79 Å². The minimum Gasteiger partial charge on any atom is -0.497 e. The molecule has 21 heavy (non-hydrogen) atoms. The molecular formula is C15H16ClN3O2. The van der Waals surface area contributed by atoms with Gasteiger partial charge in [-0.25, -0.2) is 4.98 Å². The third-order valence-electron chi connectivity index (χ3n) is 2.99. The van der Waals surface area contributed by atoms with Crippen LogP contribution < -0.4 is 15.8 Å². The van der Waals surface area contributed by atoms with Crippen molar-refractivity contribution in [1.82, 2.24) is 10.3 Å². The van der Waals surface area contributed by atoms with Crippen molar-refractivity contribution in [2.75, 3.05) is 19.4 Å². The van der Waals surface area contributed by atoms with Crippen LogP contribution in [-0.2, 0) is 6.42 Å². The van der Waals surface area contributed by atoms with Gasteiger partial charge in [-0.2, -0.15) is 0 Å². The molecule has 0 aliphatic heterocycles. The Labute approximate surface area is 128 Å². The van der Waals surface area contributed by atoms with Crippen molar-refractivity contribution in [2.45, 2.75) is 6.42 Å². The molecule has 6 heteroatoms. The number of benzene rings is 1. The quantitative estimate of drug-likeness (QED) is 0.888. The number of pyridine rings is 1. The monoisotopic (exact) mass is 305 g/mol. The number of methoxy groups -OCH3 is 1. The van der Waals surface area contributed by atoms with Crippen LogP contribution in [0.4, 0.5) is 5.82 Å². The van der Waals surface area contributed by atoms with Crippen molar-refractivity contribution in [2.24, 2.45) is 0 Å². The smallest absolute Gasteiger partial charge is 0.252 e. The van der Waals surface area contributed by atoms with Crippen molar-refractivity contribution < 1.29 is 9.53 Å². The molecule has 1 amide bonds. The van der Waals surface area contributed by atoms with Gasteiger partial charge in [0.1, 0.15) is 11.6 Å². The molecule has 0 aliphatic rings. The second-order valence-electron chi connectivity index (χ2n) is 4.45. The Hall–Kier alpha value is -2.27. The molecule has 3 N–H and O–H groups in total. The molecule has 5 nitrogen and oxygen atoms in total. The number of carbonyl (C=O) groups excluding carboxylic acids is 1. The summed E-state index contributed by atoms with van der Waals surface area (Å²) in [5, 5.41) is 3.09. The Bertz CT molecular complexity index is 629. The highest BCUT2D eigenvalue weighted by molar-refractivity contribution is 6.33. The molecule has 0 aliphatic carbocycles. The molecule has 0 bridgehead atoms. The van der Waals surface area contributed by atoms with Crippen LogP contribution in [0.2, 0.25) is 5.02 Å². The standard InChI is InChI=1S/C15H16ClN3O2/c1-21-12-4-2-10(3-5-12)6-7-18-15(20)11-8-13(16)14(17)19-9-11/h2-5,8-9H,6-7H2,1H3,(H2,17,19)(H,18,20). The lowest BCUT2D eigenvalue weighted by molar-refractivity contribution is 0.0954. The van der Waals surface area contributed by atoms with Gasteiger partial charge in [0.05, 0.1) is 17.7 Å². The van der Waals surface area contributed by atoms with Crippen LogP contribution in [0.1, 0.15) is 15.9 Å². The van der Waals surface area contributed by atoms with E-state index in [1.165, 1.54) is 12.3 Å². The number of aromatic nitrogens is 1. The summed E-state index contributed by atoms with van der Waals surface area (Å²) in [5.74, 6) is 0.801. The Morgan fingerprint density at radius 3 is 2.71 bits per heavy atom. The van der Waals surface area contributed by atoms with Gasteiger partial charge >= 0.3 is 0 Å². The van der Waals surface area contributed by atoms with Crippen LogP contribution in [0.25, 0.3) is 0 Å². The summed E-state index contributed by atoms with van der Waals surface area (Å²) in [4.78, 5) is 15.8. The molecule has 0 saturated heterocycles. The highest BCUT2D eigenvalue weighted by Crippen LogP contribution is 2.16. The van der Waals surface area contributed by atoms with E-state index in [0.717, 1.165) is 17.7 Å². The van der Waals surface area contributed by atoms with Crippen molar-refractivity contribution in [3.8, 4) is 5.75 Å². The predicted octanol–water partition coefficient (Wildman–Crippen LogP) is 2.30. The molecule has 1 heterocycles. The maximum atomic E-state index is 11.9. The Morgan fingerprint density at radius 2 is 2.10 bits per heavy atom. The van der Waals surface area contributed by atoms with Gasteiger partial charge in [0.15, 0.2) is 0 Å². The second kappa shape index (κ2) is 6.95. The minimum absolute atomic E-state index is 0.214. The fraction of sp³-hybridized carbons (Fsp3) is 0.200. The maximum absolute atomic E-state index is 11.9. The fourth-order valence-corrected chi connectivity index (χ4v) is 1.95. The third-order valence-corrected chi connectivity index (χ3v) is 3.29. The summed E-state index contributed by atoms with van der Waals surface area (Å²) in [5.41, 5.74) is 7.01. The lowest BCUT2D eigenvalue weighted by atomic mass is 10.1. The van der Waals surface area contributed by atoms with E-state index in [-0.39, 0.29) is 16.7 Å². The van der Waals surface area contributed by atoms with Gasteiger partial charge in [-0.05, 0) is 30.2 Å². The zero-order chi connectivity index (χ0) is 15.2. The number of amides is 1. The van der Waals surface area contributed by atoms with E-state index in [0.29, 0.717) is 12.1 Å². The molecule has 2 aromatic rings. The van der Waals surface area contributed by atoms with Crippen LogP contribution in [-0.4, -0.2) is 24.5 Å². The van der Waals surface area contributed by atoms with Gasteiger partial charge < -0.3 is 15.8 Å². The van der Waals surface area contributed by atoms with Crippen LogP contribution in [0.3, 0.4) is 0 Å². The molecule has 0 spiro atoms. The molecule has 0 saturated carbocycles. The average molecular weight is 306 g/mol. The van der Waals surface area contributed by atoms with Gasteiger partial charge in [0.2, 0.25) is 0 Å². The summed E-state index contributed by atoms with van der Waals surface area (Å²) in [6, 6.07) is 9.22. The Balaban J connectivity index is 1.87. The highest BCUT2D eigenvalue weighted by Gasteiger charge is 2.08. The van der Waals surface area contributed by atoms with Crippen LogP contribution >= 0.6 is 11.6 Å². The fourth-order valence-electron chi connectivity index (χ4n) is 1.79. The number of rotatable bonds is 5. The summed E-state index contributed by atoms with van der Waals surface area (Å²) < 4.78 is 5.09. The molecule has 110 valence electrons. The van der Waals surface area contributed by atoms with Crippen molar-refractivity contribution >= 4 is 23.3 Å². The van der Waals surface area contributed by atoms with E-state index >= 15 is 0 Å². The summed E-state index contributed by atoms with van der Waals surface area (Å²) in [6.07, 6.45) is 2.13. The zero-order valence-electron chi connectivity index (χ0n) is 11.6. The number of nitrogens with two attached hydrogens (primary N) is 1. The van der Waals surface area contributed by atoms with E-state index < -0.39 is 0 Å². The molecule has 0 fully saturated rings. The van der Waals surface area contributed by atoms with Gasteiger partial charge in [-0.15, -0.1) is 0 Å². The summed E-state index contributed by atoms with van der Waals surface area (Å²) >= 11 is 5.84. The first-order valence-electron chi connectivity index (χ1n) is 6.42. The van der Waals surface area contributed by atoms with E-state index in [1.54, 1.807) is 7.11 Å². The first kappa shape index (κ1) is 15.1. The van der Waals surface area contributed by atoms with Crippen molar-refractivity contribution in [3.63, 3.8) is 0 Å². The maximum Gasteiger partial charge on any atom is 0.252 e. The molecule has 1 aromatic carbocycles. The van der Waals surface area contributed by atoms with Crippen LogP contribution in [0.15, 0.2) is 36.5 Å². The average Bonchev–Trinajstić information content (AvgIpc) is 2.50. The van der Waals surface area contributed by atoms with Crippen LogP contribution in [0.5, 0.6) is 5.75 Å². The Morgan fingerprint density at radius 1 is 1.38 bits per heavy atom. The lowest BCUT2D eigenvalue weighted by Gasteiger charge is -2.07. The molecule has 0 radical (unpaired) electrons. The van der Waals surface area contributed by atoms with E-state index in [4.69, 9.17) is 22.1 Å². The summed E-state index contributed by atoms with van der Waals surface area (Å²) in [6.45, 7) is 0.521. The van der Waals surface area contributed by atoms with E-state index in [2.05, 4.69) is 10.3 Å².